The van der Waals surface area contributed by atoms with Crippen LogP contribution in [-0.2, 0) is 0 Å². The molecule has 1 aromatic carbocycles. The topological polar surface area (TPSA) is 69.1 Å². The fourth-order valence-corrected chi connectivity index (χ4v) is 4.17. The Morgan fingerprint density at radius 1 is 1.31 bits per heavy atom. The molecule has 0 bridgehead atoms. The molecule has 1 aromatic rings. The molecule has 2 aliphatic rings. The number of nitrogens with one attached hydrogen (secondary N) is 2. The molecule has 0 radical (unpaired) electrons. The van der Waals surface area contributed by atoms with Crippen molar-refractivity contribution < 1.29 is 9.84 Å². The Hall–Kier alpha value is -1.06. The first kappa shape index (κ1) is 24.2. The number of ether oxygens (including phenoxy) is 1. The Labute approximate surface area is 192 Å². The van der Waals surface area contributed by atoms with E-state index in [4.69, 9.17) is 4.74 Å². The number of guanidine groups is 1. The van der Waals surface area contributed by atoms with Crippen molar-refractivity contribution in [2.75, 3.05) is 32.8 Å². The Morgan fingerprint density at radius 2 is 2.10 bits per heavy atom. The van der Waals surface area contributed by atoms with Gasteiger partial charge in [-0.05, 0) is 50.8 Å². The third-order valence-electron chi connectivity index (χ3n) is 5.64. The molecule has 164 valence electrons. The fourth-order valence-electron chi connectivity index (χ4n) is 4.17. The van der Waals surface area contributed by atoms with Gasteiger partial charge in [0, 0.05) is 31.7 Å². The number of hydrogen-bond acceptors (Lipinski definition) is 4. The highest BCUT2D eigenvalue weighted by atomic mass is 127. The molecule has 7 heteroatoms. The van der Waals surface area contributed by atoms with E-state index in [1.54, 1.807) is 0 Å². The second-order valence-corrected chi connectivity index (χ2v) is 8.06. The van der Waals surface area contributed by atoms with Crippen molar-refractivity contribution >= 4 is 29.9 Å². The van der Waals surface area contributed by atoms with Crippen LogP contribution < -0.4 is 15.4 Å². The number of halogens is 1. The first-order valence-electron chi connectivity index (χ1n) is 10.8. The van der Waals surface area contributed by atoms with Gasteiger partial charge in [0.15, 0.2) is 5.96 Å². The second-order valence-electron chi connectivity index (χ2n) is 8.06. The van der Waals surface area contributed by atoms with E-state index in [1.165, 1.54) is 32.2 Å². The average molecular weight is 516 g/mol. The van der Waals surface area contributed by atoms with Gasteiger partial charge in [-0.25, -0.2) is 0 Å². The number of hydrogen-bond donors (Lipinski definition) is 3. The molecule has 1 saturated heterocycles. The van der Waals surface area contributed by atoms with Crippen LogP contribution in [0.5, 0.6) is 5.75 Å². The lowest BCUT2D eigenvalue weighted by Gasteiger charge is -2.24. The van der Waals surface area contributed by atoms with Crippen molar-refractivity contribution in [2.24, 2.45) is 4.99 Å². The minimum absolute atomic E-state index is 0. The molecule has 0 aromatic heterocycles. The maximum Gasteiger partial charge on any atom is 0.191 e. The van der Waals surface area contributed by atoms with Gasteiger partial charge in [-0.15, -0.1) is 24.0 Å². The maximum atomic E-state index is 10.2. The number of aliphatic hydroxyl groups is 1. The van der Waals surface area contributed by atoms with E-state index in [9.17, 15) is 5.11 Å². The van der Waals surface area contributed by atoms with Gasteiger partial charge in [-0.3, -0.25) is 9.89 Å². The number of likely N-dealkylation sites (tertiary alicyclic amines) is 1. The Kier molecular flexibility index (Phi) is 10.5. The molecule has 2 fully saturated rings. The summed E-state index contributed by atoms with van der Waals surface area (Å²) >= 11 is 0. The summed E-state index contributed by atoms with van der Waals surface area (Å²) in [6, 6.07) is 9.08. The number of aliphatic imine (C=N–C) groups is 1. The molecular formula is C22H37IN4O2. The average Bonchev–Trinajstić information content (AvgIpc) is 3.36. The van der Waals surface area contributed by atoms with Gasteiger partial charge in [-0.2, -0.15) is 0 Å². The van der Waals surface area contributed by atoms with Crippen molar-refractivity contribution in [3.63, 3.8) is 0 Å². The summed E-state index contributed by atoms with van der Waals surface area (Å²) in [6.07, 6.45) is 5.99. The number of nitrogens with zero attached hydrogens (tertiary/aromatic N) is 2. The summed E-state index contributed by atoms with van der Waals surface area (Å²) in [4.78, 5) is 7.21. The third-order valence-corrected chi connectivity index (χ3v) is 5.64. The zero-order valence-corrected chi connectivity index (χ0v) is 20.1. The lowest BCUT2D eigenvalue weighted by molar-refractivity contribution is 0.114. The maximum absolute atomic E-state index is 10.2. The van der Waals surface area contributed by atoms with Crippen LogP contribution in [0.1, 0.15) is 44.6 Å². The summed E-state index contributed by atoms with van der Waals surface area (Å²) in [6.45, 7) is 7.72. The Morgan fingerprint density at radius 3 is 2.83 bits per heavy atom. The van der Waals surface area contributed by atoms with E-state index in [0.29, 0.717) is 12.6 Å². The van der Waals surface area contributed by atoms with Crippen LogP contribution >= 0.6 is 24.0 Å². The third kappa shape index (κ3) is 7.94. The van der Waals surface area contributed by atoms with Crippen LogP contribution in [0.4, 0.5) is 0 Å². The van der Waals surface area contributed by atoms with Gasteiger partial charge in [0.2, 0.25) is 0 Å². The molecule has 6 nitrogen and oxygen atoms in total. The lowest BCUT2D eigenvalue weighted by atomic mass is 10.2. The van der Waals surface area contributed by atoms with Crippen LogP contribution in [0.25, 0.3) is 0 Å². The molecule has 3 N–H and O–H groups in total. The molecule has 2 unspecified atom stereocenters. The summed E-state index contributed by atoms with van der Waals surface area (Å²) in [5.74, 6) is 1.57. The van der Waals surface area contributed by atoms with Gasteiger partial charge < -0.3 is 20.5 Å². The first-order valence-corrected chi connectivity index (χ1v) is 10.8. The van der Waals surface area contributed by atoms with Crippen LogP contribution in [0.3, 0.4) is 0 Å². The quantitative estimate of drug-likeness (QED) is 0.282. The van der Waals surface area contributed by atoms with Crippen molar-refractivity contribution in [2.45, 2.75) is 64.1 Å². The van der Waals surface area contributed by atoms with Gasteiger partial charge in [0.05, 0.1) is 6.54 Å². The van der Waals surface area contributed by atoms with E-state index < -0.39 is 6.10 Å². The molecule has 29 heavy (non-hydrogen) atoms. The van der Waals surface area contributed by atoms with E-state index >= 15 is 0 Å². The number of benzene rings is 1. The minimum atomic E-state index is -0.630. The number of rotatable bonds is 8. The summed E-state index contributed by atoms with van der Waals surface area (Å²) in [7, 11) is 0. The predicted molar refractivity (Wildman–Crippen MR) is 129 cm³/mol. The lowest BCUT2D eigenvalue weighted by Crippen LogP contribution is -2.45. The molecule has 1 aliphatic heterocycles. The molecule has 1 aliphatic carbocycles. The molecule has 0 spiro atoms. The highest BCUT2D eigenvalue weighted by Crippen LogP contribution is 2.26. The standard InChI is InChI=1S/C22H36N4O2.HI/c1-3-23-22(25-18-11-12-26(15-18)19-8-4-5-9-19)24-14-20(27)16-28-21-10-6-7-17(2)13-21;/h6-7,10,13,18-20,27H,3-5,8-9,11-12,14-16H2,1-2H3,(H2,23,24,25);1H. The van der Waals surface area contributed by atoms with Crippen molar-refractivity contribution in [1.82, 2.24) is 15.5 Å². The summed E-state index contributed by atoms with van der Waals surface area (Å²) in [5.41, 5.74) is 1.15. The Bertz CT molecular complexity index is 637. The summed E-state index contributed by atoms with van der Waals surface area (Å²) in [5, 5.41) is 17.1. The zero-order valence-electron chi connectivity index (χ0n) is 17.8. The van der Waals surface area contributed by atoms with E-state index in [-0.39, 0.29) is 30.6 Å². The van der Waals surface area contributed by atoms with Gasteiger partial charge in [-0.1, -0.05) is 25.0 Å². The number of aryl methyl sites for hydroxylation is 1. The van der Waals surface area contributed by atoms with E-state index in [0.717, 1.165) is 42.8 Å². The molecule has 3 rings (SSSR count). The van der Waals surface area contributed by atoms with Crippen molar-refractivity contribution in [1.29, 1.82) is 0 Å². The van der Waals surface area contributed by atoms with Crippen molar-refractivity contribution in [3.05, 3.63) is 29.8 Å². The van der Waals surface area contributed by atoms with Crippen LogP contribution in [0, 0.1) is 6.92 Å². The van der Waals surface area contributed by atoms with E-state index in [2.05, 4.69) is 27.4 Å². The molecule has 1 heterocycles. The molecular weight excluding hydrogens is 479 g/mol. The van der Waals surface area contributed by atoms with Crippen LogP contribution in [0.15, 0.2) is 29.3 Å². The van der Waals surface area contributed by atoms with Gasteiger partial charge >= 0.3 is 0 Å². The summed E-state index contributed by atoms with van der Waals surface area (Å²) < 4.78 is 5.68. The minimum Gasteiger partial charge on any atom is -0.491 e. The second kappa shape index (κ2) is 12.6. The Balaban J connectivity index is 0.00000300. The fraction of sp³-hybridized carbons (Fsp3) is 0.682. The van der Waals surface area contributed by atoms with Gasteiger partial charge in [0.25, 0.3) is 0 Å². The SMILES string of the molecule is CCNC(=NCC(O)COc1cccc(C)c1)NC1CCN(C2CCCC2)C1.I. The molecule has 2 atom stereocenters. The smallest absolute Gasteiger partial charge is 0.191 e. The zero-order chi connectivity index (χ0) is 19.8. The van der Waals surface area contributed by atoms with Crippen LogP contribution in [-0.4, -0.2) is 66.9 Å². The highest BCUT2D eigenvalue weighted by molar-refractivity contribution is 14.0. The van der Waals surface area contributed by atoms with Crippen molar-refractivity contribution in [3.8, 4) is 5.75 Å². The number of aliphatic hydroxyl groups excluding tert-OH is 1. The largest absolute Gasteiger partial charge is 0.491 e. The van der Waals surface area contributed by atoms with Crippen LogP contribution in [0.2, 0.25) is 0 Å². The van der Waals surface area contributed by atoms with E-state index in [1.807, 2.05) is 31.2 Å². The first-order chi connectivity index (χ1) is 13.6. The predicted octanol–water partition coefficient (Wildman–Crippen LogP) is 2.92. The monoisotopic (exact) mass is 516 g/mol. The van der Waals surface area contributed by atoms with Gasteiger partial charge in [0.1, 0.15) is 18.5 Å². The normalized spacial score (nSPS) is 21.6. The molecule has 0 amide bonds. The molecule has 1 saturated carbocycles. The highest BCUT2D eigenvalue weighted by Gasteiger charge is 2.30.